The van der Waals surface area contributed by atoms with E-state index in [4.69, 9.17) is 5.11 Å². The highest BCUT2D eigenvalue weighted by Gasteiger charge is 2.32. The number of hydrogen-bond acceptors (Lipinski definition) is 5. The molecule has 3 heterocycles. The van der Waals surface area contributed by atoms with Crippen LogP contribution in [-0.2, 0) is 23.1 Å². The number of rotatable bonds is 7. The molecular weight excluding hydrogens is 484 g/mol. The van der Waals surface area contributed by atoms with E-state index < -0.39 is 29.9 Å². The first-order chi connectivity index (χ1) is 16.7. The van der Waals surface area contributed by atoms with Gasteiger partial charge in [-0.1, -0.05) is 23.9 Å². The number of pyridine rings is 1. The lowest BCUT2D eigenvalue weighted by Gasteiger charge is -2.08. The minimum absolute atomic E-state index is 0.0906. The molecule has 6 nitrogen and oxygen atoms in total. The van der Waals surface area contributed by atoms with Crippen molar-refractivity contribution in [1.29, 1.82) is 0 Å². The Kier molecular flexibility index (Phi) is 5.96. The van der Waals surface area contributed by atoms with Crippen LogP contribution in [0, 0.1) is 5.82 Å². The molecule has 0 unspecified atom stereocenters. The molecule has 1 fully saturated rings. The molecule has 1 aromatic carbocycles. The fourth-order valence-electron chi connectivity index (χ4n) is 3.86. The number of carboxylic acid groups (broad SMARTS) is 1. The second-order valence-corrected chi connectivity index (χ2v) is 9.26. The fraction of sp³-hybridized carbons (Fsp3) is 0.250. The van der Waals surface area contributed by atoms with Gasteiger partial charge in [-0.15, -0.1) is 0 Å². The van der Waals surface area contributed by atoms with Crippen LogP contribution in [0.15, 0.2) is 54.2 Å². The van der Waals surface area contributed by atoms with Crippen molar-refractivity contribution in [2.45, 2.75) is 42.4 Å². The minimum Gasteiger partial charge on any atom is -0.481 e. The largest absolute Gasteiger partial charge is 0.481 e. The number of thioether (sulfide) groups is 1. The molecule has 1 aliphatic carbocycles. The standard InChI is InChI=1S/C24H18F4N4O2S/c25-19-4-1-13(5-14(19)7-21(33)34)12-35-23-30-10-20-22(31-23)18(11-32(20)17-2-3-17)15-6-16(9-29-8-15)24(26,27)28/h1,4-6,8-11,17H,2-3,7,12H2,(H,33,34). The summed E-state index contributed by atoms with van der Waals surface area (Å²) in [7, 11) is 0. The van der Waals surface area contributed by atoms with Gasteiger partial charge in [0.25, 0.3) is 0 Å². The van der Waals surface area contributed by atoms with E-state index in [0.717, 1.165) is 30.6 Å². The number of fused-ring (bicyclic) bond motifs is 1. The van der Waals surface area contributed by atoms with E-state index >= 15 is 0 Å². The summed E-state index contributed by atoms with van der Waals surface area (Å²) in [5.41, 5.74) is 2.08. The fourth-order valence-corrected chi connectivity index (χ4v) is 4.62. The topological polar surface area (TPSA) is 80.9 Å². The van der Waals surface area contributed by atoms with Gasteiger partial charge in [0.05, 0.1) is 23.7 Å². The third kappa shape index (κ3) is 5.00. The molecule has 0 radical (unpaired) electrons. The normalized spacial score (nSPS) is 13.9. The lowest BCUT2D eigenvalue weighted by Crippen LogP contribution is -2.05. The molecule has 0 amide bonds. The van der Waals surface area contributed by atoms with E-state index in [1.807, 2.05) is 4.57 Å². The molecule has 5 rings (SSSR count). The second-order valence-electron chi connectivity index (χ2n) is 8.31. The Bertz CT molecular complexity index is 1430. The van der Waals surface area contributed by atoms with Crippen LogP contribution in [0.5, 0.6) is 0 Å². The van der Waals surface area contributed by atoms with Crippen molar-refractivity contribution in [3.8, 4) is 11.1 Å². The van der Waals surface area contributed by atoms with Crippen LogP contribution in [0.4, 0.5) is 17.6 Å². The highest BCUT2D eigenvalue weighted by atomic mass is 32.2. The molecule has 1 N–H and O–H groups in total. The third-order valence-corrected chi connectivity index (χ3v) is 6.62. The number of halogens is 4. The van der Waals surface area contributed by atoms with Crippen molar-refractivity contribution in [3.63, 3.8) is 0 Å². The molecule has 4 aromatic rings. The SMILES string of the molecule is O=C(O)Cc1cc(CSc2ncc3c(n2)c(-c2cncc(C(F)(F)F)c2)cn3C2CC2)ccc1F. The van der Waals surface area contributed by atoms with Crippen molar-refractivity contribution in [2.24, 2.45) is 0 Å². The molecule has 0 aliphatic heterocycles. The van der Waals surface area contributed by atoms with Crippen LogP contribution in [0.25, 0.3) is 22.2 Å². The first-order valence-electron chi connectivity index (χ1n) is 10.7. The van der Waals surface area contributed by atoms with Gasteiger partial charge in [0.2, 0.25) is 0 Å². The molecule has 0 spiro atoms. The van der Waals surface area contributed by atoms with Crippen LogP contribution in [-0.4, -0.2) is 30.6 Å². The lowest BCUT2D eigenvalue weighted by molar-refractivity contribution is -0.138. The van der Waals surface area contributed by atoms with E-state index in [0.29, 0.717) is 33.1 Å². The highest BCUT2D eigenvalue weighted by Crippen LogP contribution is 2.41. The number of carboxylic acids is 1. The van der Waals surface area contributed by atoms with Crippen molar-refractivity contribution in [1.82, 2.24) is 19.5 Å². The van der Waals surface area contributed by atoms with Gasteiger partial charge < -0.3 is 9.67 Å². The summed E-state index contributed by atoms with van der Waals surface area (Å²) in [4.78, 5) is 23.8. The maximum atomic E-state index is 13.9. The maximum Gasteiger partial charge on any atom is 0.417 e. The Morgan fingerprint density at radius 1 is 1.17 bits per heavy atom. The Balaban J connectivity index is 1.48. The van der Waals surface area contributed by atoms with Gasteiger partial charge in [0.15, 0.2) is 5.16 Å². The van der Waals surface area contributed by atoms with Gasteiger partial charge in [0, 0.05) is 41.5 Å². The monoisotopic (exact) mass is 502 g/mol. The molecular formula is C24H18F4N4O2S. The van der Waals surface area contributed by atoms with E-state index in [9.17, 15) is 22.4 Å². The average Bonchev–Trinajstić information content (AvgIpc) is 3.59. The van der Waals surface area contributed by atoms with Gasteiger partial charge in [-0.25, -0.2) is 14.4 Å². The van der Waals surface area contributed by atoms with Crippen LogP contribution in [0.3, 0.4) is 0 Å². The maximum absolute atomic E-state index is 13.9. The van der Waals surface area contributed by atoms with Gasteiger partial charge in [-0.2, -0.15) is 13.2 Å². The van der Waals surface area contributed by atoms with Crippen LogP contribution >= 0.6 is 11.8 Å². The van der Waals surface area contributed by atoms with Crippen LogP contribution in [0.1, 0.15) is 35.6 Å². The molecule has 35 heavy (non-hydrogen) atoms. The number of benzene rings is 1. The number of aromatic nitrogens is 4. The quantitative estimate of drug-likeness (QED) is 0.192. The molecule has 180 valence electrons. The van der Waals surface area contributed by atoms with Crippen LogP contribution in [0.2, 0.25) is 0 Å². The molecule has 0 atom stereocenters. The van der Waals surface area contributed by atoms with Gasteiger partial charge in [-0.3, -0.25) is 9.78 Å². The highest BCUT2D eigenvalue weighted by molar-refractivity contribution is 7.98. The summed E-state index contributed by atoms with van der Waals surface area (Å²) in [5, 5.41) is 9.36. The van der Waals surface area contributed by atoms with Crippen molar-refractivity contribution >= 4 is 28.8 Å². The molecule has 3 aromatic heterocycles. The number of nitrogens with zero attached hydrogens (tertiary/aromatic N) is 4. The summed E-state index contributed by atoms with van der Waals surface area (Å²) in [6, 6.07) is 5.62. The van der Waals surface area contributed by atoms with Gasteiger partial charge in [0.1, 0.15) is 11.3 Å². The van der Waals surface area contributed by atoms with Gasteiger partial charge >= 0.3 is 12.1 Å². The van der Waals surface area contributed by atoms with Crippen LogP contribution < -0.4 is 0 Å². The average molecular weight is 502 g/mol. The van der Waals surface area contributed by atoms with Gasteiger partial charge in [-0.05, 0) is 36.1 Å². The summed E-state index contributed by atoms with van der Waals surface area (Å²) < 4.78 is 55.7. The number of carbonyl (C=O) groups is 1. The zero-order valence-electron chi connectivity index (χ0n) is 18.1. The smallest absolute Gasteiger partial charge is 0.417 e. The zero-order valence-corrected chi connectivity index (χ0v) is 18.9. The Morgan fingerprint density at radius 2 is 1.97 bits per heavy atom. The molecule has 1 saturated carbocycles. The minimum atomic E-state index is -4.51. The predicted octanol–water partition coefficient (Wildman–Crippen LogP) is 5.91. The molecule has 1 aliphatic rings. The number of hydrogen-bond donors (Lipinski definition) is 1. The summed E-state index contributed by atoms with van der Waals surface area (Å²) in [6.45, 7) is 0. The van der Waals surface area contributed by atoms with Crippen molar-refractivity contribution in [3.05, 3.63) is 71.6 Å². The van der Waals surface area contributed by atoms with Crippen molar-refractivity contribution < 1.29 is 27.5 Å². The Morgan fingerprint density at radius 3 is 2.69 bits per heavy atom. The predicted molar refractivity (Wildman–Crippen MR) is 121 cm³/mol. The van der Waals surface area contributed by atoms with E-state index in [2.05, 4.69) is 15.0 Å². The Labute approximate surface area is 201 Å². The summed E-state index contributed by atoms with van der Waals surface area (Å²) >= 11 is 1.27. The number of alkyl halides is 3. The summed E-state index contributed by atoms with van der Waals surface area (Å²) in [6.07, 6.45) is 2.67. The first-order valence-corrected chi connectivity index (χ1v) is 11.7. The lowest BCUT2D eigenvalue weighted by atomic mass is 10.1. The summed E-state index contributed by atoms with van der Waals surface area (Å²) in [5.74, 6) is -1.35. The van der Waals surface area contributed by atoms with E-state index in [-0.39, 0.29) is 11.6 Å². The third-order valence-electron chi connectivity index (χ3n) is 5.69. The first kappa shape index (κ1) is 23.3. The van der Waals surface area contributed by atoms with E-state index in [1.165, 1.54) is 30.1 Å². The molecule has 0 saturated heterocycles. The Hall–Kier alpha value is -3.47. The molecule has 0 bridgehead atoms. The molecule has 11 heteroatoms. The second kappa shape index (κ2) is 8.95. The van der Waals surface area contributed by atoms with E-state index in [1.54, 1.807) is 18.5 Å². The number of aliphatic carboxylic acids is 1. The zero-order chi connectivity index (χ0) is 24.7. The van der Waals surface area contributed by atoms with Crippen molar-refractivity contribution in [2.75, 3.05) is 0 Å².